The fourth-order valence-electron chi connectivity index (χ4n) is 2.78. The molecule has 0 aliphatic rings. The number of hydrogen-bond donors (Lipinski definition) is 2. The summed E-state index contributed by atoms with van der Waals surface area (Å²) in [6, 6.07) is 13.7. The third-order valence-corrected chi connectivity index (χ3v) is 5.36. The fraction of sp³-hybridized carbons (Fsp3) is 0.364. The van der Waals surface area contributed by atoms with Crippen molar-refractivity contribution in [1.29, 1.82) is 0 Å². The molecule has 0 radical (unpaired) electrons. The fourth-order valence-corrected chi connectivity index (χ4v) is 3.71. The number of amides is 2. The van der Waals surface area contributed by atoms with Gasteiger partial charge in [-0.25, -0.2) is 0 Å². The van der Waals surface area contributed by atoms with Gasteiger partial charge in [0.2, 0.25) is 11.8 Å². The predicted octanol–water partition coefficient (Wildman–Crippen LogP) is 5.42. The zero-order valence-corrected chi connectivity index (χ0v) is 17.3. The number of rotatable bonds is 8. The summed E-state index contributed by atoms with van der Waals surface area (Å²) in [7, 11) is 0. The lowest BCUT2D eigenvalue weighted by molar-refractivity contribution is -0.116. The monoisotopic (exact) mass is 384 g/mol. The zero-order chi connectivity index (χ0) is 19.8. The number of aryl methyl sites for hydroxylation is 2. The van der Waals surface area contributed by atoms with Crippen LogP contribution >= 0.6 is 11.8 Å². The van der Waals surface area contributed by atoms with E-state index in [1.54, 1.807) is 0 Å². The number of para-hydroxylation sites is 1. The molecule has 0 heterocycles. The van der Waals surface area contributed by atoms with Crippen molar-refractivity contribution in [2.24, 2.45) is 0 Å². The highest BCUT2D eigenvalue weighted by Gasteiger charge is 2.17. The van der Waals surface area contributed by atoms with Crippen LogP contribution in [0.25, 0.3) is 0 Å². The summed E-state index contributed by atoms with van der Waals surface area (Å²) in [6.45, 7) is 7.97. The molecule has 2 amide bonds. The molecule has 144 valence electrons. The Labute approximate surface area is 166 Å². The standard InChI is InChI=1S/C22H28N2O2S/c1-5-9-20(25)23-18-12-8-13-19(14-18)27-16(4)22(26)24-21-15(3)10-7-11-17(21)6-2/h7-8,10-14,16H,5-6,9H2,1-4H3,(H,23,25)(H,24,26). The summed E-state index contributed by atoms with van der Waals surface area (Å²) in [5, 5.41) is 5.73. The van der Waals surface area contributed by atoms with Crippen molar-refractivity contribution in [3.05, 3.63) is 53.6 Å². The lowest BCUT2D eigenvalue weighted by atomic mass is 10.1. The molecular weight excluding hydrogens is 356 g/mol. The van der Waals surface area contributed by atoms with Crippen LogP contribution in [0.4, 0.5) is 11.4 Å². The Morgan fingerprint density at radius 3 is 2.52 bits per heavy atom. The second-order valence-electron chi connectivity index (χ2n) is 6.54. The molecule has 0 saturated carbocycles. The Balaban J connectivity index is 2.03. The maximum Gasteiger partial charge on any atom is 0.237 e. The summed E-state index contributed by atoms with van der Waals surface area (Å²) in [6.07, 6.45) is 2.20. The molecule has 0 bridgehead atoms. The number of thioether (sulfide) groups is 1. The van der Waals surface area contributed by atoms with E-state index >= 15 is 0 Å². The Morgan fingerprint density at radius 2 is 1.81 bits per heavy atom. The minimum Gasteiger partial charge on any atom is -0.326 e. The third-order valence-electron chi connectivity index (χ3n) is 4.27. The summed E-state index contributed by atoms with van der Waals surface area (Å²) in [5.41, 5.74) is 3.89. The lowest BCUT2D eigenvalue weighted by Crippen LogP contribution is -2.23. The number of hydrogen-bond acceptors (Lipinski definition) is 3. The molecule has 0 fully saturated rings. The number of nitrogens with one attached hydrogen (secondary N) is 2. The second kappa shape index (κ2) is 10.2. The number of benzene rings is 2. The molecule has 0 aliphatic heterocycles. The van der Waals surface area contributed by atoms with Gasteiger partial charge in [-0.15, -0.1) is 11.8 Å². The van der Waals surface area contributed by atoms with E-state index in [2.05, 4.69) is 17.6 Å². The highest BCUT2D eigenvalue weighted by Crippen LogP contribution is 2.28. The largest absolute Gasteiger partial charge is 0.326 e. The maximum atomic E-state index is 12.7. The van der Waals surface area contributed by atoms with Crippen LogP contribution in [-0.4, -0.2) is 17.1 Å². The SMILES string of the molecule is CCCC(=O)Nc1cccc(SC(C)C(=O)Nc2c(C)cccc2CC)c1. The molecule has 0 saturated heterocycles. The quantitative estimate of drug-likeness (QED) is 0.598. The van der Waals surface area contributed by atoms with Crippen LogP contribution in [0.1, 0.15) is 44.7 Å². The molecule has 5 heteroatoms. The van der Waals surface area contributed by atoms with Crippen molar-refractivity contribution in [3.63, 3.8) is 0 Å². The molecule has 2 aromatic rings. The summed E-state index contributed by atoms with van der Waals surface area (Å²) in [5.74, 6) is -0.0125. The molecule has 0 aromatic heterocycles. The molecule has 0 spiro atoms. The molecule has 2 aromatic carbocycles. The van der Waals surface area contributed by atoms with Crippen molar-refractivity contribution in [1.82, 2.24) is 0 Å². The van der Waals surface area contributed by atoms with Crippen LogP contribution in [0.15, 0.2) is 47.4 Å². The van der Waals surface area contributed by atoms with E-state index in [0.717, 1.165) is 40.2 Å². The van der Waals surface area contributed by atoms with E-state index < -0.39 is 0 Å². The van der Waals surface area contributed by atoms with Gasteiger partial charge in [-0.1, -0.05) is 38.1 Å². The predicted molar refractivity (Wildman–Crippen MR) is 114 cm³/mol. The molecule has 0 aliphatic carbocycles. The molecule has 2 N–H and O–H groups in total. The normalized spacial score (nSPS) is 11.7. The summed E-state index contributed by atoms with van der Waals surface area (Å²) < 4.78 is 0. The van der Waals surface area contributed by atoms with Crippen molar-refractivity contribution in [3.8, 4) is 0 Å². The van der Waals surface area contributed by atoms with Crippen LogP contribution in [0, 0.1) is 6.92 Å². The van der Waals surface area contributed by atoms with Gasteiger partial charge in [0.05, 0.1) is 5.25 Å². The number of carbonyl (C=O) groups is 2. The van der Waals surface area contributed by atoms with E-state index in [0.29, 0.717) is 6.42 Å². The topological polar surface area (TPSA) is 58.2 Å². The zero-order valence-electron chi connectivity index (χ0n) is 16.5. The number of anilines is 2. The van der Waals surface area contributed by atoms with Gasteiger partial charge in [0.15, 0.2) is 0 Å². The van der Waals surface area contributed by atoms with E-state index in [4.69, 9.17) is 0 Å². The first-order chi connectivity index (χ1) is 12.9. The van der Waals surface area contributed by atoms with Crippen LogP contribution in [-0.2, 0) is 16.0 Å². The lowest BCUT2D eigenvalue weighted by Gasteiger charge is -2.16. The average Bonchev–Trinajstić information content (AvgIpc) is 2.63. The van der Waals surface area contributed by atoms with Gasteiger partial charge in [0.1, 0.15) is 0 Å². The highest BCUT2D eigenvalue weighted by molar-refractivity contribution is 8.00. The van der Waals surface area contributed by atoms with E-state index in [1.807, 2.05) is 63.2 Å². The Hall–Kier alpha value is -2.27. The average molecular weight is 385 g/mol. The van der Waals surface area contributed by atoms with Gasteiger partial charge >= 0.3 is 0 Å². The summed E-state index contributed by atoms with van der Waals surface area (Å²) >= 11 is 1.48. The smallest absolute Gasteiger partial charge is 0.237 e. The van der Waals surface area contributed by atoms with E-state index in [9.17, 15) is 9.59 Å². The van der Waals surface area contributed by atoms with Crippen molar-refractivity contribution in [2.45, 2.75) is 57.1 Å². The first-order valence-corrected chi connectivity index (χ1v) is 10.3. The van der Waals surface area contributed by atoms with Gasteiger partial charge in [-0.3, -0.25) is 9.59 Å². The molecular formula is C22H28N2O2S. The van der Waals surface area contributed by atoms with Crippen molar-refractivity contribution in [2.75, 3.05) is 10.6 Å². The molecule has 4 nitrogen and oxygen atoms in total. The summed E-state index contributed by atoms with van der Waals surface area (Å²) in [4.78, 5) is 25.4. The molecule has 2 rings (SSSR count). The van der Waals surface area contributed by atoms with Gasteiger partial charge in [-0.05, 0) is 56.0 Å². The van der Waals surface area contributed by atoms with Gasteiger partial charge < -0.3 is 10.6 Å². The van der Waals surface area contributed by atoms with Crippen molar-refractivity contribution >= 4 is 35.0 Å². The Kier molecular flexibility index (Phi) is 7.92. The maximum absolute atomic E-state index is 12.7. The van der Waals surface area contributed by atoms with E-state index in [1.165, 1.54) is 11.8 Å². The van der Waals surface area contributed by atoms with Crippen LogP contribution in [0.3, 0.4) is 0 Å². The minimum atomic E-state index is -0.254. The van der Waals surface area contributed by atoms with Crippen LogP contribution in [0.2, 0.25) is 0 Å². The van der Waals surface area contributed by atoms with Crippen LogP contribution < -0.4 is 10.6 Å². The Bertz CT molecular complexity index is 805. The van der Waals surface area contributed by atoms with Gasteiger partial charge in [-0.2, -0.15) is 0 Å². The second-order valence-corrected chi connectivity index (χ2v) is 7.95. The minimum absolute atomic E-state index is 0.0112. The van der Waals surface area contributed by atoms with Gasteiger partial charge in [0, 0.05) is 22.7 Å². The third kappa shape index (κ3) is 6.14. The first kappa shape index (κ1) is 21.0. The molecule has 1 atom stereocenters. The Morgan fingerprint density at radius 1 is 1.07 bits per heavy atom. The molecule has 27 heavy (non-hydrogen) atoms. The molecule has 1 unspecified atom stereocenters. The number of carbonyl (C=O) groups excluding carboxylic acids is 2. The van der Waals surface area contributed by atoms with Gasteiger partial charge in [0.25, 0.3) is 0 Å². The first-order valence-electron chi connectivity index (χ1n) is 9.40. The van der Waals surface area contributed by atoms with E-state index in [-0.39, 0.29) is 17.1 Å². The van der Waals surface area contributed by atoms with Crippen LogP contribution in [0.5, 0.6) is 0 Å². The highest BCUT2D eigenvalue weighted by atomic mass is 32.2. The van der Waals surface area contributed by atoms with Crippen molar-refractivity contribution < 1.29 is 9.59 Å².